The van der Waals surface area contributed by atoms with E-state index in [2.05, 4.69) is 20.3 Å². The lowest BCUT2D eigenvalue weighted by atomic mass is 9.87. The van der Waals surface area contributed by atoms with Gasteiger partial charge in [0.25, 0.3) is 11.8 Å². The van der Waals surface area contributed by atoms with Crippen LogP contribution in [0.5, 0.6) is 5.75 Å². The molecule has 0 saturated carbocycles. The first-order valence-electron chi connectivity index (χ1n) is 12.6. The second kappa shape index (κ2) is 10.5. The van der Waals surface area contributed by atoms with Crippen LogP contribution >= 0.6 is 0 Å². The Balaban J connectivity index is 1.39. The van der Waals surface area contributed by atoms with Gasteiger partial charge in [0.05, 0.1) is 35.8 Å². The highest BCUT2D eigenvalue weighted by Crippen LogP contribution is 2.31. The molecule has 2 aromatic heterocycles. The van der Waals surface area contributed by atoms with Crippen molar-refractivity contribution in [3.8, 4) is 5.75 Å². The van der Waals surface area contributed by atoms with Crippen LogP contribution in [-0.4, -0.2) is 80.5 Å². The maximum atomic E-state index is 13.4. The van der Waals surface area contributed by atoms with Gasteiger partial charge in [0.1, 0.15) is 11.4 Å². The molecule has 4 heterocycles. The lowest BCUT2D eigenvalue weighted by molar-refractivity contribution is -0.130. The zero-order valence-corrected chi connectivity index (χ0v) is 21.2. The molecule has 3 amide bonds. The molecular weight excluding hydrogens is 488 g/mol. The van der Waals surface area contributed by atoms with Gasteiger partial charge in [-0.25, -0.2) is 9.97 Å². The first-order chi connectivity index (χ1) is 18.3. The van der Waals surface area contributed by atoms with E-state index in [1.807, 2.05) is 6.92 Å². The van der Waals surface area contributed by atoms with Gasteiger partial charge < -0.3 is 19.9 Å². The van der Waals surface area contributed by atoms with Crippen molar-refractivity contribution in [1.29, 1.82) is 0 Å². The molecule has 3 aliphatic rings. The summed E-state index contributed by atoms with van der Waals surface area (Å²) < 4.78 is 5.94. The van der Waals surface area contributed by atoms with E-state index < -0.39 is 23.7 Å². The summed E-state index contributed by atoms with van der Waals surface area (Å²) in [6, 6.07) is 3.12. The number of nitrogens with zero attached hydrogens (tertiary/aromatic N) is 5. The summed E-state index contributed by atoms with van der Waals surface area (Å²) in [6.45, 7) is 6.28. The fourth-order valence-corrected chi connectivity index (χ4v) is 4.58. The van der Waals surface area contributed by atoms with Gasteiger partial charge in [0.15, 0.2) is 11.9 Å². The number of carbonyl (C=O) groups is 4. The van der Waals surface area contributed by atoms with Crippen molar-refractivity contribution in [2.24, 2.45) is 5.92 Å². The van der Waals surface area contributed by atoms with E-state index in [1.54, 1.807) is 34.9 Å². The van der Waals surface area contributed by atoms with Gasteiger partial charge in [-0.2, -0.15) is 0 Å². The average molecular weight is 517 g/mol. The number of amides is 3. The number of ketones is 1. The van der Waals surface area contributed by atoms with Crippen molar-refractivity contribution in [2.45, 2.75) is 32.8 Å². The van der Waals surface area contributed by atoms with Crippen LogP contribution in [0.1, 0.15) is 35.9 Å². The van der Waals surface area contributed by atoms with Crippen LogP contribution in [0.15, 0.2) is 54.0 Å². The quantitative estimate of drug-likeness (QED) is 0.550. The standard InChI is InChI=1S/C27H28N6O5/c1-3-32-10-7-19(26(32)36)17-11-20(25(35)31-23-15-28-16(2)13-30-23)24(34)22(12-17)38-18-5-6-21(29-14-18)27(37)33-8-4-9-33/h5-6,11-15,19,22H,3-4,7-10H2,1-2H3,(H,30,31,35)/t19-,22?/m1/s1. The first kappa shape index (κ1) is 25.2. The van der Waals surface area contributed by atoms with Gasteiger partial charge >= 0.3 is 0 Å². The molecule has 2 aliphatic heterocycles. The van der Waals surface area contributed by atoms with Gasteiger partial charge in [-0.1, -0.05) is 0 Å². The molecule has 2 atom stereocenters. The van der Waals surface area contributed by atoms with Crippen LogP contribution in [0.25, 0.3) is 0 Å². The molecule has 2 fully saturated rings. The van der Waals surface area contributed by atoms with Crippen LogP contribution in [0.2, 0.25) is 0 Å². The van der Waals surface area contributed by atoms with E-state index in [0.29, 0.717) is 49.6 Å². The summed E-state index contributed by atoms with van der Waals surface area (Å²) in [6.07, 6.45) is 7.74. The number of hydrogen-bond donors (Lipinski definition) is 1. The normalized spacial score (nSPS) is 21.0. The molecule has 1 N–H and O–H groups in total. The second-order valence-corrected chi connectivity index (χ2v) is 9.41. The molecule has 11 heteroatoms. The van der Waals surface area contributed by atoms with Crippen molar-refractivity contribution in [2.75, 3.05) is 31.5 Å². The minimum absolute atomic E-state index is 0.0530. The van der Waals surface area contributed by atoms with Crippen LogP contribution in [0, 0.1) is 12.8 Å². The Labute approximate surface area is 219 Å². The van der Waals surface area contributed by atoms with E-state index >= 15 is 0 Å². The molecule has 38 heavy (non-hydrogen) atoms. The molecule has 11 nitrogen and oxygen atoms in total. The minimum Gasteiger partial charge on any atom is -0.477 e. The van der Waals surface area contributed by atoms with E-state index in [9.17, 15) is 19.2 Å². The Morgan fingerprint density at radius 3 is 2.50 bits per heavy atom. The Hall–Kier alpha value is -4.41. The van der Waals surface area contributed by atoms with Gasteiger partial charge in [0.2, 0.25) is 11.7 Å². The smallest absolute Gasteiger partial charge is 0.272 e. The number of carbonyl (C=O) groups excluding carboxylic acids is 4. The van der Waals surface area contributed by atoms with E-state index in [4.69, 9.17) is 4.74 Å². The number of ether oxygens (including phenoxy) is 1. The largest absolute Gasteiger partial charge is 0.477 e. The molecule has 196 valence electrons. The van der Waals surface area contributed by atoms with E-state index in [-0.39, 0.29) is 29.0 Å². The zero-order valence-electron chi connectivity index (χ0n) is 21.2. The molecule has 5 rings (SSSR count). The Morgan fingerprint density at radius 1 is 1.08 bits per heavy atom. The van der Waals surface area contributed by atoms with Gasteiger partial charge in [0, 0.05) is 26.2 Å². The average Bonchev–Trinajstić information content (AvgIpc) is 3.26. The van der Waals surface area contributed by atoms with Crippen molar-refractivity contribution in [1.82, 2.24) is 24.8 Å². The highest BCUT2D eigenvalue weighted by molar-refractivity contribution is 6.26. The molecule has 0 radical (unpaired) electrons. The predicted molar refractivity (Wildman–Crippen MR) is 136 cm³/mol. The summed E-state index contributed by atoms with van der Waals surface area (Å²) in [5.74, 6) is -1.46. The molecule has 0 aromatic carbocycles. The van der Waals surface area contributed by atoms with E-state index in [0.717, 1.165) is 6.42 Å². The van der Waals surface area contributed by atoms with Crippen LogP contribution in [0.3, 0.4) is 0 Å². The molecule has 2 saturated heterocycles. The van der Waals surface area contributed by atoms with Crippen LogP contribution in [0.4, 0.5) is 5.82 Å². The third-order valence-electron chi connectivity index (χ3n) is 6.89. The number of anilines is 1. The summed E-state index contributed by atoms with van der Waals surface area (Å²) in [5, 5.41) is 2.60. The summed E-state index contributed by atoms with van der Waals surface area (Å²) >= 11 is 0. The number of pyridine rings is 1. The number of aryl methyl sites for hydroxylation is 1. The molecular formula is C27H28N6O5. The number of aromatic nitrogens is 3. The molecule has 0 bridgehead atoms. The van der Waals surface area contributed by atoms with Crippen LogP contribution in [-0.2, 0) is 14.4 Å². The summed E-state index contributed by atoms with van der Waals surface area (Å²) in [4.78, 5) is 67.7. The molecule has 1 aliphatic carbocycles. The monoisotopic (exact) mass is 516 g/mol. The van der Waals surface area contributed by atoms with Crippen molar-refractivity contribution < 1.29 is 23.9 Å². The van der Waals surface area contributed by atoms with Crippen molar-refractivity contribution in [3.05, 3.63) is 65.4 Å². The predicted octanol–water partition coefficient (Wildman–Crippen LogP) is 1.72. The second-order valence-electron chi connectivity index (χ2n) is 9.41. The number of Topliss-reactive ketones (excluding diaryl/α,β-unsaturated/α-hetero) is 1. The topological polar surface area (TPSA) is 135 Å². The number of likely N-dealkylation sites (tertiary alicyclic amines) is 2. The van der Waals surface area contributed by atoms with Gasteiger partial charge in [-0.3, -0.25) is 24.2 Å². The lowest BCUT2D eigenvalue weighted by Gasteiger charge is -2.30. The van der Waals surface area contributed by atoms with Crippen molar-refractivity contribution in [3.63, 3.8) is 0 Å². The fraction of sp³-hybridized carbons (Fsp3) is 0.370. The molecule has 0 spiro atoms. The van der Waals surface area contributed by atoms with Crippen LogP contribution < -0.4 is 10.1 Å². The highest BCUT2D eigenvalue weighted by atomic mass is 16.5. The van der Waals surface area contributed by atoms with Gasteiger partial charge in [-0.15, -0.1) is 0 Å². The Kier molecular flexibility index (Phi) is 6.99. The third kappa shape index (κ3) is 5.04. The maximum Gasteiger partial charge on any atom is 0.272 e. The SMILES string of the molecule is CCN1CC[C@H](C2=CC(Oc3ccc(C(=O)N4CCC4)nc3)C(=O)C(C(=O)Nc3cnc(C)cn3)=C2)C1=O. The zero-order chi connectivity index (χ0) is 26.8. The first-order valence-corrected chi connectivity index (χ1v) is 12.6. The number of rotatable bonds is 7. The summed E-state index contributed by atoms with van der Waals surface area (Å²) in [5.41, 5.74) is 1.38. The van der Waals surface area contributed by atoms with E-state index in [1.165, 1.54) is 24.7 Å². The van der Waals surface area contributed by atoms with Gasteiger partial charge in [-0.05, 0) is 56.5 Å². The number of hydrogen-bond acceptors (Lipinski definition) is 8. The molecule has 1 unspecified atom stereocenters. The fourth-order valence-electron chi connectivity index (χ4n) is 4.58. The molecule has 2 aromatic rings. The lowest BCUT2D eigenvalue weighted by Crippen LogP contribution is -2.42. The number of nitrogens with one attached hydrogen (secondary N) is 1. The Bertz CT molecular complexity index is 1330. The third-order valence-corrected chi connectivity index (χ3v) is 6.89. The van der Waals surface area contributed by atoms with Crippen molar-refractivity contribution >= 4 is 29.3 Å². The minimum atomic E-state index is -1.15. The maximum absolute atomic E-state index is 13.4. The number of allylic oxidation sites excluding steroid dienone is 1. The highest BCUT2D eigenvalue weighted by Gasteiger charge is 2.38. The Morgan fingerprint density at radius 2 is 1.89 bits per heavy atom. The summed E-state index contributed by atoms with van der Waals surface area (Å²) in [7, 11) is 0.